The summed E-state index contributed by atoms with van der Waals surface area (Å²) in [5, 5.41) is 21.7. The van der Waals surface area contributed by atoms with Crippen LogP contribution in [0, 0.1) is 0 Å². The minimum absolute atomic E-state index is 0.0326. The van der Waals surface area contributed by atoms with Gasteiger partial charge in [-0.2, -0.15) is 0 Å². The molecule has 8 nitrogen and oxygen atoms in total. The number of likely N-dealkylation sites (tertiary alicyclic amines) is 1. The van der Waals surface area contributed by atoms with Gasteiger partial charge < -0.3 is 24.6 Å². The Labute approximate surface area is 205 Å². The number of nitrogens with zero attached hydrogens (tertiary/aromatic N) is 2. The van der Waals surface area contributed by atoms with E-state index in [1.165, 1.54) is 24.1 Å². The molecule has 0 radical (unpaired) electrons. The van der Waals surface area contributed by atoms with E-state index in [1.807, 2.05) is 24.3 Å². The van der Waals surface area contributed by atoms with Crippen molar-refractivity contribution in [1.29, 1.82) is 0 Å². The Balaban J connectivity index is 1.76. The van der Waals surface area contributed by atoms with Crippen molar-refractivity contribution < 1.29 is 29.3 Å². The van der Waals surface area contributed by atoms with Crippen LogP contribution in [0.2, 0.25) is 0 Å². The highest BCUT2D eigenvalue weighted by Crippen LogP contribution is 2.41. The van der Waals surface area contributed by atoms with Gasteiger partial charge in [-0.25, -0.2) is 0 Å². The highest BCUT2D eigenvalue weighted by Gasteiger charge is 2.46. The molecule has 2 saturated heterocycles. The summed E-state index contributed by atoms with van der Waals surface area (Å²) in [4.78, 5) is 30.1. The van der Waals surface area contributed by atoms with Crippen molar-refractivity contribution in [3.05, 3.63) is 64.7 Å². The number of hydrogen-bond donors (Lipinski definition) is 2. The van der Waals surface area contributed by atoms with Crippen molar-refractivity contribution in [2.75, 3.05) is 46.5 Å². The van der Waals surface area contributed by atoms with Crippen molar-refractivity contribution >= 4 is 17.4 Å². The Bertz CT molecular complexity index is 1120. The molecule has 4 rings (SSSR count). The summed E-state index contributed by atoms with van der Waals surface area (Å²) < 4.78 is 10.5. The number of methoxy groups -OCH3 is 1. The lowest BCUT2D eigenvalue weighted by Gasteiger charge is -2.31. The summed E-state index contributed by atoms with van der Waals surface area (Å²) in [7, 11) is 1.47. The molecule has 8 heteroatoms. The van der Waals surface area contributed by atoms with Crippen molar-refractivity contribution in [3.8, 4) is 11.5 Å². The fourth-order valence-electron chi connectivity index (χ4n) is 4.58. The number of amides is 1. The second-order valence-electron chi connectivity index (χ2n) is 9.15. The first-order valence-corrected chi connectivity index (χ1v) is 11.9. The molecule has 2 fully saturated rings. The Kier molecular flexibility index (Phi) is 7.42. The maximum atomic E-state index is 13.2. The van der Waals surface area contributed by atoms with Gasteiger partial charge in [0.2, 0.25) is 0 Å². The van der Waals surface area contributed by atoms with Crippen molar-refractivity contribution in [2.45, 2.75) is 25.8 Å². The number of phenolic OH excluding ortho intramolecular Hbond substituents is 1. The predicted octanol–water partition coefficient (Wildman–Crippen LogP) is 3.28. The number of carbonyl (C=O) groups is 2. The topological polar surface area (TPSA) is 99.5 Å². The smallest absolute Gasteiger partial charge is 0.295 e. The van der Waals surface area contributed by atoms with Crippen LogP contribution >= 0.6 is 0 Å². The molecule has 0 bridgehead atoms. The van der Waals surface area contributed by atoms with Gasteiger partial charge in [0.1, 0.15) is 17.3 Å². The predicted molar refractivity (Wildman–Crippen MR) is 131 cm³/mol. The van der Waals surface area contributed by atoms with E-state index in [0.717, 1.165) is 24.2 Å². The van der Waals surface area contributed by atoms with E-state index in [1.54, 1.807) is 6.07 Å². The first-order valence-electron chi connectivity index (χ1n) is 11.9. The van der Waals surface area contributed by atoms with Crippen LogP contribution in [-0.2, 0) is 14.3 Å². The largest absolute Gasteiger partial charge is 0.507 e. The van der Waals surface area contributed by atoms with E-state index < -0.39 is 23.5 Å². The number of hydrogen-bond acceptors (Lipinski definition) is 7. The number of aliphatic hydroxyl groups is 1. The Hall–Kier alpha value is -3.36. The molecule has 0 spiro atoms. The minimum atomic E-state index is -0.766. The number of benzene rings is 2. The van der Waals surface area contributed by atoms with E-state index in [9.17, 15) is 19.8 Å². The first kappa shape index (κ1) is 24.8. The molecule has 2 aliphatic rings. The van der Waals surface area contributed by atoms with Gasteiger partial charge in [0, 0.05) is 32.2 Å². The number of rotatable bonds is 7. The molecule has 0 aromatic heterocycles. The van der Waals surface area contributed by atoms with E-state index in [-0.39, 0.29) is 16.9 Å². The van der Waals surface area contributed by atoms with Gasteiger partial charge in [0.05, 0.1) is 37.5 Å². The molecule has 2 aromatic rings. The maximum Gasteiger partial charge on any atom is 0.295 e. The highest BCUT2D eigenvalue weighted by atomic mass is 16.5. The van der Waals surface area contributed by atoms with Gasteiger partial charge in [0.25, 0.3) is 11.7 Å². The van der Waals surface area contributed by atoms with Crippen LogP contribution in [0.3, 0.4) is 0 Å². The van der Waals surface area contributed by atoms with Crippen LogP contribution in [0.25, 0.3) is 5.76 Å². The molecule has 2 aromatic carbocycles. The fourth-order valence-corrected chi connectivity index (χ4v) is 4.58. The SMILES string of the molecule is COc1ccc(C(O)=C2C(=O)C(=O)N(CCN3CCOCC3)[C@@H]2c2ccc(C(C)C)cc2)c(O)c1. The fraction of sp³-hybridized carbons (Fsp3) is 0.407. The molecular weight excluding hydrogens is 448 g/mol. The van der Waals surface area contributed by atoms with Crippen molar-refractivity contribution in [3.63, 3.8) is 0 Å². The number of Topliss-reactive ketones (excluding diaryl/α,β-unsaturated/α-hetero) is 1. The summed E-state index contributed by atoms with van der Waals surface area (Å²) in [5.41, 5.74) is 1.90. The third-order valence-electron chi connectivity index (χ3n) is 6.68. The van der Waals surface area contributed by atoms with Gasteiger partial charge in [-0.1, -0.05) is 38.1 Å². The Morgan fingerprint density at radius 2 is 1.77 bits per heavy atom. The molecule has 0 aliphatic carbocycles. The number of aromatic hydroxyl groups is 1. The van der Waals surface area contributed by atoms with Gasteiger partial charge in [-0.3, -0.25) is 14.5 Å². The molecule has 2 heterocycles. The molecule has 186 valence electrons. The van der Waals surface area contributed by atoms with Crippen LogP contribution in [0.1, 0.15) is 42.5 Å². The lowest BCUT2D eigenvalue weighted by molar-refractivity contribution is -0.140. The molecule has 0 saturated carbocycles. The lowest BCUT2D eigenvalue weighted by Crippen LogP contribution is -2.42. The lowest BCUT2D eigenvalue weighted by atomic mass is 9.93. The van der Waals surface area contributed by atoms with Crippen molar-refractivity contribution in [2.24, 2.45) is 0 Å². The normalized spacial score (nSPS) is 20.6. The summed E-state index contributed by atoms with van der Waals surface area (Å²) in [5.74, 6) is -1.34. The number of aliphatic hydroxyl groups excluding tert-OH is 1. The van der Waals surface area contributed by atoms with E-state index >= 15 is 0 Å². The Morgan fingerprint density at radius 3 is 2.37 bits per heavy atom. The summed E-state index contributed by atoms with van der Waals surface area (Å²) >= 11 is 0. The van der Waals surface area contributed by atoms with Crippen LogP contribution in [-0.4, -0.2) is 78.2 Å². The van der Waals surface area contributed by atoms with Crippen LogP contribution in [0.5, 0.6) is 11.5 Å². The van der Waals surface area contributed by atoms with Crippen molar-refractivity contribution in [1.82, 2.24) is 9.80 Å². The second kappa shape index (κ2) is 10.5. The monoisotopic (exact) mass is 480 g/mol. The van der Waals surface area contributed by atoms with E-state index in [0.29, 0.717) is 38.0 Å². The average Bonchev–Trinajstić information content (AvgIpc) is 3.12. The summed E-state index contributed by atoms with van der Waals surface area (Å²) in [6.07, 6.45) is 0. The zero-order chi connectivity index (χ0) is 25.1. The number of phenols is 1. The molecule has 1 amide bonds. The molecular formula is C27H32N2O6. The quantitative estimate of drug-likeness (QED) is 0.356. The molecule has 2 N–H and O–H groups in total. The Morgan fingerprint density at radius 1 is 1.09 bits per heavy atom. The van der Waals surface area contributed by atoms with Gasteiger partial charge in [-0.05, 0) is 29.2 Å². The highest BCUT2D eigenvalue weighted by molar-refractivity contribution is 6.46. The van der Waals surface area contributed by atoms with Gasteiger partial charge in [0.15, 0.2) is 0 Å². The van der Waals surface area contributed by atoms with Crippen LogP contribution in [0.4, 0.5) is 0 Å². The number of ketones is 1. The first-order chi connectivity index (χ1) is 16.8. The third kappa shape index (κ3) is 5.04. The van der Waals surface area contributed by atoms with Gasteiger partial charge >= 0.3 is 0 Å². The van der Waals surface area contributed by atoms with Gasteiger partial charge in [-0.15, -0.1) is 0 Å². The summed E-state index contributed by atoms with van der Waals surface area (Å²) in [6.45, 7) is 7.89. The zero-order valence-corrected chi connectivity index (χ0v) is 20.4. The number of morpholine rings is 1. The molecule has 35 heavy (non-hydrogen) atoms. The zero-order valence-electron chi connectivity index (χ0n) is 20.4. The average molecular weight is 481 g/mol. The van der Waals surface area contributed by atoms with E-state index in [2.05, 4.69) is 18.7 Å². The maximum absolute atomic E-state index is 13.2. The number of carbonyl (C=O) groups excluding carboxylic acids is 2. The second-order valence-corrected chi connectivity index (χ2v) is 9.15. The molecule has 1 atom stereocenters. The number of ether oxygens (including phenoxy) is 2. The molecule has 2 aliphatic heterocycles. The standard InChI is InChI=1S/C27H32N2O6/c1-17(2)18-4-6-19(7-5-18)24-23(25(31)21-9-8-20(34-3)16-22(21)30)26(32)27(33)29(24)11-10-28-12-14-35-15-13-28/h4-9,16-17,24,30-31H,10-15H2,1-3H3/t24-/m1/s1. The third-order valence-corrected chi connectivity index (χ3v) is 6.68. The molecule has 0 unspecified atom stereocenters. The summed E-state index contributed by atoms with van der Waals surface area (Å²) in [6, 6.07) is 11.4. The van der Waals surface area contributed by atoms with Crippen LogP contribution < -0.4 is 4.74 Å². The minimum Gasteiger partial charge on any atom is -0.507 e. The van der Waals surface area contributed by atoms with Crippen LogP contribution in [0.15, 0.2) is 48.0 Å². The van der Waals surface area contributed by atoms with E-state index in [4.69, 9.17) is 9.47 Å².